The van der Waals surface area contributed by atoms with E-state index in [0.29, 0.717) is 11.7 Å². The summed E-state index contributed by atoms with van der Waals surface area (Å²) in [6, 6.07) is 13.6. The Morgan fingerprint density at radius 1 is 1.10 bits per heavy atom. The van der Waals surface area contributed by atoms with E-state index in [1.807, 2.05) is 48.7 Å². The molecule has 3 aromatic rings. The first-order valence-corrected chi connectivity index (χ1v) is 10.8. The van der Waals surface area contributed by atoms with Crippen LogP contribution in [0, 0.1) is 5.92 Å². The number of piperidine rings is 1. The van der Waals surface area contributed by atoms with Crippen molar-refractivity contribution < 1.29 is 9.53 Å². The van der Waals surface area contributed by atoms with Crippen molar-refractivity contribution in [2.24, 2.45) is 5.92 Å². The lowest BCUT2D eigenvalue weighted by molar-refractivity contribution is 0.134. The normalized spacial score (nSPS) is 14.7. The number of rotatable bonds is 6. The number of ether oxygens (including phenoxy) is 1. The van der Waals surface area contributed by atoms with Gasteiger partial charge in [-0.1, -0.05) is 30.0 Å². The highest BCUT2D eigenvalue weighted by Gasteiger charge is 2.24. The van der Waals surface area contributed by atoms with Crippen molar-refractivity contribution >= 4 is 17.9 Å². The van der Waals surface area contributed by atoms with E-state index in [4.69, 9.17) is 4.74 Å². The van der Waals surface area contributed by atoms with E-state index in [9.17, 15) is 4.79 Å². The van der Waals surface area contributed by atoms with Crippen LogP contribution >= 0.6 is 11.8 Å². The largest absolute Gasteiger partial charge is 0.415 e. The molecule has 4 rings (SSSR count). The average molecular weight is 409 g/mol. The van der Waals surface area contributed by atoms with Gasteiger partial charge in [0, 0.05) is 49.5 Å². The zero-order chi connectivity index (χ0) is 19.9. The molecule has 0 saturated carbocycles. The Morgan fingerprint density at radius 3 is 2.62 bits per heavy atom. The summed E-state index contributed by atoms with van der Waals surface area (Å²) in [6.07, 6.45) is 7.89. The molecule has 29 heavy (non-hydrogen) atoms. The molecule has 0 radical (unpaired) electrons. The molecule has 0 atom stereocenters. The number of aromatic nitrogens is 3. The fourth-order valence-electron chi connectivity index (χ4n) is 3.36. The molecular weight excluding hydrogens is 384 g/mol. The summed E-state index contributed by atoms with van der Waals surface area (Å²) in [5, 5.41) is 0.957. The summed E-state index contributed by atoms with van der Waals surface area (Å²) < 4.78 is 5.56. The number of nitrogens with one attached hydrogen (secondary N) is 1. The maximum Gasteiger partial charge on any atom is 0.415 e. The molecule has 1 saturated heterocycles. The minimum atomic E-state index is -0.264. The molecule has 2 aromatic heterocycles. The average Bonchev–Trinajstić information content (AvgIpc) is 3.28. The van der Waals surface area contributed by atoms with Gasteiger partial charge in [-0.15, -0.1) is 0 Å². The van der Waals surface area contributed by atoms with Crippen LogP contribution < -0.4 is 4.74 Å². The number of H-pyrrole nitrogens is 1. The third-order valence-electron chi connectivity index (χ3n) is 5.04. The lowest BCUT2D eigenvalue weighted by Crippen LogP contribution is -2.40. The van der Waals surface area contributed by atoms with E-state index in [0.717, 1.165) is 54.5 Å². The number of carbonyl (C=O) groups is 1. The van der Waals surface area contributed by atoms with Gasteiger partial charge < -0.3 is 14.6 Å². The van der Waals surface area contributed by atoms with Gasteiger partial charge in [0.2, 0.25) is 0 Å². The van der Waals surface area contributed by atoms with Gasteiger partial charge in [-0.2, -0.15) is 0 Å². The molecule has 3 heterocycles. The first-order chi connectivity index (χ1) is 14.3. The molecule has 7 heteroatoms. The molecule has 0 spiro atoms. The Morgan fingerprint density at radius 2 is 1.93 bits per heavy atom. The number of thioether (sulfide) groups is 1. The molecule has 1 amide bonds. The van der Waals surface area contributed by atoms with Crippen LogP contribution in [0.3, 0.4) is 0 Å². The van der Waals surface area contributed by atoms with Crippen molar-refractivity contribution in [2.75, 3.05) is 18.8 Å². The number of carbonyl (C=O) groups excluding carboxylic acids is 1. The molecule has 1 aliphatic rings. The number of hydrogen-bond donors (Lipinski definition) is 1. The number of amides is 1. The maximum absolute atomic E-state index is 12.5. The van der Waals surface area contributed by atoms with Gasteiger partial charge in [0.1, 0.15) is 5.75 Å². The molecule has 0 aliphatic carbocycles. The zero-order valence-electron chi connectivity index (χ0n) is 16.2. The summed E-state index contributed by atoms with van der Waals surface area (Å²) in [5.41, 5.74) is 2.16. The number of likely N-dealkylation sites (tertiary alicyclic amines) is 1. The molecule has 1 aromatic carbocycles. The van der Waals surface area contributed by atoms with Crippen molar-refractivity contribution in [1.29, 1.82) is 0 Å². The second-order valence-electron chi connectivity index (χ2n) is 7.15. The van der Waals surface area contributed by atoms with Crippen LogP contribution in [0.25, 0.3) is 0 Å². The van der Waals surface area contributed by atoms with Crippen molar-refractivity contribution in [1.82, 2.24) is 19.9 Å². The van der Waals surface area contributed by atoms with Crippen molar-refractivity contribution in [3.63, 3.8) is 0 Å². The lowest BCUT2D eigenvalue weighted by Gasteiger charge is -2.30. The quantitative estimate of drug-likeness (QED) is 0.612. The van der Waals surface area contributed by atoms with Gasteiger partial charge in [-0.3, -0.25) is 4.98 Å². The fourth-order valence-corrected chi connectivity index (χ4v) is 4.37. The first kappa shape index (κ1) is 19.5. The third-order valence-corrected chi connectivity index (χ3v) is 6.18. The van der Waals surface area contributed by atoms with Crippen LogP contribution in [0.4, 0.5) is 4.79 Å². The van der Waals surface area contributed by atoms with E-state index in [1.165, 1.54) is 0 Å². The highest BCUT2D eigenvalue weighted by atomic mass is 32.2. The molecule has 0 bridgehead atoms. The smallest absolute Gasteiger partial charge is 0.410 e. The topological polar surface area (TPSA) is 71.1 Å². The summed E-state index contributed by atoms with van der Waals surface area (Å²) in [4.78, 5) is 26.0. The van der Waals surface area contributed by atoms with Gasteiger partial charge in [0.05, 0.1) is 0 Å². The van der Waals surface area contributed by atoms with Crippen molar-refractivity contribution in [3.05, 3.63) is 72.3 Å². The van der Waals surface area contributed by atoms with Gasteiger partial charge >= 0.3 is 6.09 Å². The van der Waals surface area contributed by atoms with Crippen LogP contribution in [0.5, 0.6) is 5.75 Å². The maximum atomic E-state index is 12.5. The van der Waals surface area contributed by atoms with E-state index < -0.39 is 0 Å². The predicted octanol–water partition coefficient (Wildman–Crippen LogP) is 4.40. The van der Waals surface area contributed by atoms with Crippen LogP contribution in [0.15, 0.2) is 66.2 Å². The van der Waals surface area contributed by atoms with Crippen molar-refractivity contribution in [2.45, 2.75) is 24.4 Å². The number of hydrogen-bond acceptors (Lipinski definition) is 5. The lowest BCUT2D eigenvalue weighted by atomic mass is 9.99. The second kappa shape index (κ2) is 9.60. The van der Waals surface area contributed by atoms with Crippen molar-refractivity contribution in [3.8, 4) is 5.75 Å². The Kier molecular flexibility index (Phi) is 6.46. The fraction of sp³-hybridized carbons (Fsp3) is 0.318. The monoisotopic (exact) mass is 408 g/mol. The third kappa shape index (κ3) is 5.60. The zero-order valence-corrected chi connectivity index (χ0v) is 17.0. The Hall–Kier alpha value is -2.80. The number of aromatic amines is 1. The van der Waals surface area contributed by atoms with E-state index in [1.54, 1.807) is 29.1 Å². The number of pyridine rings is 1. The highest BCUT2D eigenvalue weighted by Crippen LogP contribution is 2.25. The molecular formula is C22H24N4O2S. The van der Waals surface area contributed by atoms with E-state index >= 15 is 0 Å². The molecule has 1 N–H and O–H groups in total. The molecule has 6 nitrogen and oxygen atoms in total. The summed E-state index contributed by atoms with van der Waals surface area (Å²) in [5.74, 6) is 2.20. The van der Waals surface area contributed by atoms with E-state index in [-0.39, 0.29) is 6.09 Å². The van der Waals surface area contributed by atoms with Crippen LogP contribution in [0.1, 0.15) is 24.1 Å². The Labute approximate surface area is 174 Å². The van der Waals surface area contributed by atoms with Gasteiger partial charge in [0.15, 0.2) is 5.16 Å². The highest BCUT2D eigenvalue weighted by molar-refractivity contribution is 7.99. The summed E-state index contributed by atoms with van der Waals surface area (Å²) in [6.45, 7) is 1.47. The first-order valence-electron chi connectivity index (χ1n) is 9.84. The standard InChI is InChI=1S/C22H24N4O2S/c27-22(26-13-8-18(9-14-26)16-29-21-24-11-12-25-21)28-20-6-4-17(5-7-20)15-19-3-1-2-10-23-19/h1-7,10-12,18H,8-9,13-16H2,(H,24,25). The summed E-state index contributed by atoms with van der Waals surface area (Å²) in [7, 11) is 0. The Balaban J connectivity index is 1.22. The van der Waals surface area contributed by atoms with Crippen LogP contribution in [-0.2, 0) is 6.42 Å². The molecule has 1 fully saturated rings. The number of imidazole rings is 1. The van der Waals surface area contributed by atoms with Gasteiger partial charge in [0.25, 0.3) is 0 Å². The minimum Gasteiger partial charge on any atom is -0.410 e. The molecule has 0 unspecified atom stereocenters. The molecule has 1 aliphatic heterocycles. The Bertz CT molecular complexity index is 892. The second-order valence-corrected chi connectivity index (χ2v) is 8.15. The van der Waals surface area contributed by atoms with Gasteiger partial charge in [-0.05, 0) is 48.6 Å². The predicted molar refractivity (Wildman–Crippen MR) is 113 cm³/mol. The van der Waals surface area contributed by atoms with E-state index in [2.05, 4.69) is 15.0 Å². The SMILES string of the molecule is O=C(Oc1ccc(Cc2ccccn2)cc1)N1CCC(CSc2ncc[nH]2)CC1. The van der Waals surface area contributed by atoms with Crippen LogP contribution in [-0.4, -0.2) is 44.8 Å². The summed E-state index contributed by atoms with van der Waals surface area (Å²) >= 11 is 1.74. The molecule has 150 valence electrons. The number of nitrogens with zero attached hydrogens (tertiary/aromatic N) is 3. The number of benzene rings is 1. The van der Waals surface area contributed by atoms with Crippen LogP contribution in [0.2, 0.25) is 0 Å². The van der Waals surface area contributed by atoms with Gasteiger partial charge in [-0.25, -0.2) is 9.78 Å². The minimum absolute atomic E-state index is 0.264.